The topological polar surface area (TPSA) is 124 Å². The molecular weight excluding hydrogens is 392 g/mol. The Morgan fingerprint density at radius 3 is 2.62 bits per heavy atom. The van der Waals surface area contributed by atoms with Crippen LogP contribution in [0.15, 0.2) is 47.1 Å². The highest BCUT2D eigenvalue weighted by Crippen LogP contribution is 2.33. The summed E-state index contributed by atoms with van der Waals surface area (Å²) < 4.78 is 33.4. The first-order valence-electron chi connectivity index (χ1n) is 9.43. The largest absolute Gasteiger partial charge is 0.490 e. The number of amides is 1. The highest BCUT2D eigenvalue weighted by Gasteiger charge is 2.37. The number of amidine groups is 1. The van der Waals surface area contributed by atoms with E-state index < -0.39 is 15.6 Å². The van der Waals surface area contributed by atoms with Crippen molar-refractivity contribution in [1.29, 1.82) is 0 Å². The van der Waals surface area contributed by atoms with Gasteiger partial charge < -0.3 is 15.8 Å². The van der Waals surface area contributed by atoms with Gasteiger partial charge in [0.2, 0.25) is 0 Å². The number of fused-ring (bicyclic) bond motifs is 1. The van der Waals surface area contributed by atoms with Crippen LogP contribution in [0.25, 0.3) is 0 Å². The average molecular weight is 414 g/mol. The summed E-state index contributed by atoms with van der Waals surface area (Å²) in [7, 11) is -3.61. The van der Waals surface area contributed by atoms with Gasteiger partial charge in [-0.2, -0.15) is 0 Å². The number of ether oxygens (including phenoxy) is 1. The molecule has 0 saturated heterocycles. The quantitative estimate of drug-likeness (QED) is 0.768. The minimum absolute atomic E-state index is 0.0665. The second kappa shape index (κ2) is 7.47. The van der Waals surface area contributed by atoms with Crippen LogP contribution < -0.4 is 15.8 Å². The van der Waals surface area contributed by atoms with Gasteiger partial charge >= 0.3 is 0 Å². The van der Waals surface area contributed by atoms with Crippen molar-refractivity contribution in [1.82, 2.24) is 10.3 Å². The number of aromatic nitrogens is 1. The molecule has 0 radical (unpaired) electrons. The molecular formula is C20H22N4O4S. The van der Waals surface area contributed by atoms with Crippen molar-refractivity contribution in [3.63, 3.8) is 0 Å². The summed E-state index contributed by atoms with van der Waals surface area (Å²) in [6.07, 6.45) is 6.76. The number of carbonyl (C=O) groups excluding carboxylic acids is 1. The number of rotatable bonds is 5. The Hall–Kier alpha value is -2.94. The molecule has 2 heterocycles. The zero-order valence-corrected chi connectivity index (χ0v) is 16.6. The number of benzene rings is 1. The highest BCUT2D eigenvalue weighted by atomic mass is 32.2. The monoisotopic (exact) mass is 414 g/mol. The van der Waals surface area contributed by atoms with Crippen LogP contribution >= 0.6 is 0 Å². The summed E-state index contributed by atoms with van der Waals surface area (Å²) in [6.45, 7) is 0.264. The summed E-state index contributed by atoms with van der Waals surface area (Å²) in [5.41, 5.74) is 7.04. The van der Waals surface area contributed by atoms with Crippen molar-refractivity contribution in [2.45, 2.75) is 37.0 Å². The van der Waals surface area contributed by atoms with E-state index in [1.165, 1.54) is 0 Å². The lowest BCUT2D eigenvalue weighted by Crippen LogP contribution is -2.50. The third-order valence-corrected chi connectivity index (χ3v) is 6.48. The molecule has 1 saturated carbocycles. The molecule has 0 unspecified atom stereocenters. The Morgan fingerprint density at radius 1 is 1.17 bits per heavy atom. The standard InChI is InChI=1S/C20H22N4O4S/c21-18-17-15(12-29(26,27)24-18)4-3-5-16(17)28-13-20(8-1-2-9-20)23-19(25)14-6-10-22-11-7-14/h3-7,10-11H,1-2,8-9,12-13H2,(H2,21,24)(H,23,25). The molecule has 1 amide bonds. The van der Waals surface area contributed by atoms with Gasteiger partial charge in [0.05, 0.1) is 16.9 Å². The molecule has 2 aromatic rings. The molecule has 1 aromatic carbocycles. The number of nitrogens with two attached hydrogens (primary N) is 1. The van der Waals surface area contributed by atoms with Crippen LogP contribution in [-0.2, 0) is 15.8 Å². The van der Waals surface area contributed by atoms with Gasteiger partial charge in [0, 0.05) is 18.0 Å². The van der Waals surface area contributed by atoms with Gasteiger partial charge in [-0.3, -0.25) is 9.78 Å². The van der Waals surface area contributed by atoms with E-state index in [1.807, 2.05) is 0 Å². The normalized spacial score (nSPS) is 19.1. The molecule has 1 fully saturated rings. The maximum Gasteiger partial charge on any atom is 0.259 e. The predicted octanol–water partition coefficient (Wildman–Crippen LogP) is 1.75. The summed E-state index contributed by atoms with van der Waals surface area (Å²) >= 11 is 0. The second-order valence-corrected chi connectivity index (χ2v) is 9.09. The lowest BCUT2D eigenvalue weighted by atomic mass is 9.98. The summed E-state index contributed by atoms with van der Waals surface area (Å²) in [5.74, 6) is 0.0378. The van der Waals surface area contributed by atoms with E-state index in [4.69, 9.17) is 10.5 Å². The van der Waals surface area contributed by atoms with E-state index in [2.05, 4.69) is 14.7 Å². The van der Waals surface area contributed by atoms with Crippen molar-refractivity contribution < 1.29 is 17.9 Å². The van der Waals surface area contributed by atoms with Gasteiger partial charge in [0.1, 0.15) is 18.2 Å². The molecule has 1 aromatic heterocycles. The fourth-order valence-corrected chi connectivity index (χ4v) is 5.01. The van der Waals surface area contributed by atoms with E-state index in [9.17, 15) is 13.2 Å². The van der Waals surface area contributed by atoms with E-state index >= 15 is 0 Å². The SMILES string of the molecule is NC1=NS(=O)(=O)Cc2cccc(OCC3(NC(=O)c4ccncc4)CCCC3)c21. The number of hydrogen-bond acceptors (Lipinski definition) is 6. The molecule has 1 aliphatic heterocycles. The Balaban J connectivity index is 1.55. The third kappa shape index (κ3) is 4.09. The van der Waals surface area contributed by atoms with Gasteiger partial charge in [-0.1, -0.05) is 25.0 Å². The zero-order chi connectivity index (χ0) is 20.5. The molecule has 0 spiro atoms. The first kappa shape index (κ1) is 19.4. The van der Waals surface area contributed by atoms with Gasteiger partial charge in [-0.15, -0.1) is 4.40 Å². The van der Waals surface area contributed by atoms with Crippen molar-refractivity contribution in [2.24, 2.45) is 10.1 Å². The molecule has 0 atom stereocenters. The van der Waals surface area contributed by atoms with Crippen molar-refractivity contribution in [3.05, 3.63) is 59.4 Å². The predicted molar refractivity (Wildman–Crippen MR) is 108 cm³/mol. The highest BCUT2D eigenvalue weighted by molar-refractivity contribution is 7.89. The maximum absolute atomic E-state index is 12.7. The summed E-state index contributed by atoms with van der Waals surface area (Å²) in [6, 6.07) is 8.53. The van der Waals surface area contributed by atoms with Crippen LogP contribution in [0.1, 0.15) is 47.2 Å². The van der Waals surface area contributed by atoms with E-state index in [-0.39, 0.29) is 24.1 Å². The van der Waals surface area contributed by atoms with Crippen LogP contribution in [0.2, 0.25) is 0 Å². The molecule has 8 nitrogen and oxygen atoms in total. The molecule has 29 heavy (non-hydrogen) atoms. The lowest BCUT2D eigenvalue weighted by Gasteiger charge is -2.31. The third-order valence-electron chi connectivity index (χ3n) is 5.33. The van der Waals surface area contributed by atoms with E-state index in [0.29, 0.717) is 22.4 Å². The average Bonchev–Trinajstić information content (AvgIpc) is 3.14. The number of hydrogen-bond donors (Lipinski definition) is 2. The molecule has 2 aliphatic rings. The Morgan fingerprint density at radius 2 is 1.90 bits per heavy atom. The number of sulfonamides is 1. The fraction of sp³-hybridized carbons (Fsp3) is 0.350. The molecule has 0 bridgehead atoms. The molecule has 9 heteroatoms. The van der Waals surface area contributed by atoms with Crippen LogP contribution in [0.4, 0.5) is 0 Å². The number of nitrogens with zero attached hydrogens (tertiary/aromatic N) is 2. The minimum atomic E-state index is -3.61. The van der Waals surface area contributed by atoms with Gasteiger partial charge in [0.15, 0.2) is 0 Å². The van der Waals surface area contributed by atoms with Crippen LogP contribution in [-0.4, -0.2) is 37.3 Å². The Labute approximate surface area is 169 Å². The van der Waals surface area contributed by atoms with Gasteiger partial charge in [-0.25, -0.2) is 8.42 Å². The number of carbonyl (C=O) groups is 1. The van der Waals surface area contributed by atoms with Crippen LogP contribution in [0.3, 0.4) is 0 Å². The summed E-state index contributed by atoms with van der Waals surface area (Å²) in [5, 5.41) is 3.13. The van der Waals surface area contributed by atoms with Gasteiger partial charge in [0.25, 0.3) is 15.9 Å². The first-order valence-corrected chi connectivity index (χ1v) is 11.0. The molecule has 152 valence electrons. The lowest BCUT2D eigenvalue weighted by molar-refractivity contribution is 0.0854. The van der Waals surface area contributed by atoms with Crippen molar-refractivity contribution in [3.8, 4) is 5.75 Å². The maximum atomic E-state index is 12.7. The Kier molecular flexibility index (Phi) is 4.99. The molecule has 3 N–H and O–H groups in total. The van der Waals surface area contributed by atoms with Gasteiger partial charge in [-0.05, 0) is 36.6 Å². The van der Waals surface area contributed by atoms with Crippen molar-refractivity contribution in [2.75, 3.05) is 6.61 Å². The molecule has 1 aliphatic carbocycles. The number of pyridine rings is 1. The molecule has 4 rings (SSSR count). The smallest absolute Gasteiger partial charge is 0.259 e. The first-order chi connectivity index (χ1) is 13.9. The Bertz CT molecular complexity index is 1060. The fourth-order valence-electron chi connectivity index (χ4n) is 3.92. The van der Waals surface area contributed by atoms with Crippen molar-refractivity contribution >= 4 is 21.8 Å². The van der Waals surface area contributed by atoms with E-state index in [1.54, 1.807) is 42.7 Å². The minimum Gasteiger partial charge on any atom is -0.490 e. The van der Waals surface area contributed by atoms with E-state index in [0.717, 1.165) is 25.7 Å². The summed E-state index contributed by atoms with van der Waals surface area (Å²) in [4.78, 5) is 16.6. The van der Waals surface area contributed by atoms with Crippen LogP contribution in [0, 0.1) is 0 Å². The number of nitrogens with one attached hydrogen (secondary N) is 1. The zero-order valence-electron chi connectivity index (χ0n) is 15.8. The van der Waals surface area contributed by atoms with Crippen LogP contribution in [0.5, 0.6) is 5.75 Å². The second-order valence-electron chi connectivity index (χ2n) is 7.46.